The highest BCUT2D eigenvalue weighted by Gasteiger charge is 2.20. The predicted octanol–water partition coefficient (Wildman–Crippen LogP) is 5.20. The number of amides is 2. The van der Waals surface area contributed by atoms with Gasteiger partial charge in [-0.2, -0.15) is 0 Å². The molecule has 2 N–H and O–H groups in total. The first-order chi connectivity index (χ1) is 14.8. The first-order valence-electron chi connectivity index (χ1n) is 10.3. The Hall–Kier alpha value is -3.60. The Bertz CT molecular complexity index is 1060. The van der Waals surface area contributed by atoms with Crippen LogP contribution in [-0.2, 0) is 4.79 Å². The van der Waals surface area contributed by atoms with Gasteiger partial charge in [0.05, 0.1) is 17.3 Å². The number of carbonyl (C=O) groups excluding carboxylic acids is 2. The Balaban J connectivity index is 1.69. The molecule has 0 aliphatic carbocycles. The Kier molecular flexibility index (Phi) is 7.08. The number of rotatable bonds is 7. The van der Waals surface area contributed by atoms with Crippen LogP contribution in [0.3, 0.4) is 0 Å². The van der Waals surface area contributed by atoms with E-state index >= 15 is 0 Å². The first-order valence-corrected chi connectivity index (χ1v) is 10.3. The van der Waals surface area contributed by atoms with E-state index in [0.717, 1.165) is 16.7 Å². The van der Waals surface area contributed by atoms with E-state index in [9.17, 15) is 9.59 Å². The molecule has 0 bridgehead atoms. The van der Waals surface area contributed by atoms with Gasteiger partial charge in [0.25, 0.3) is 11.8 Å². The van der Waals surface area contributed by atoms with Gasteiger partial charge in [-0.05, 0) is 57.0 Å². The fourth-order valence-corrected chi connectivity index (χ4v) is 3.30. The largest absolute Gasteiger partial charge is 0.481 e. The number of benzene rings is 3. The molecule has 3 aromatic rings. The monoisotopic (exact) mass is 416 g/mol. The van der Waals surface area contributed by atoms with Gasteiger partial charge in [-0.1, -0.05) is 60.2 Å². The molecule has 5 heteroatoms. The van der Waals surface area contributed by atoms with Crippen LogP contribution in [0.2, 0.25) is 0 Å². The second-order valence-corrected chi connectivity index (χ2v) is 7.67. The van der Waals surface area contributed by atoms with Crippen LogP contribution in [0.4, 0.5) is 5.69 Å². The van der Waals surface area contributed by atoms with Crippen molar-refractivity contribution in [2.45, 2.75) is 39.8 Å². The van der Waals surface area contributed by atoms with Crippen molar-refractivity contribution in [2.24, 2.45) is 0 Å². The summed E-state index contributed by atoms with van der Waals surface area (Å²) in [6.45, 7) is 7.57. The molecular weight excluding hydrogens is 388 g/mol. The van der Waals surface area contributed by atoms with Crippen molar-refractivity contribution in [3.05, 3.63) is 95.1 Å². The number of hydrogen-bond donors (Lipinski definition) is 2. The Morgan fingerprint density at radius 1 is 0.871 bits per heavy atom. The minimum atomic E-state index is -0.722. The van der Waals surface area contributed by atoms with E-state index in [1.54, 1.807) is 31.2 Å². The van der Waals surface area contributed by atoms with E-state index in [-0.39, 0.29) is 17.9 Å². The molecule has 0 aliphatic rings. The minimum absolute atomic E-state index is 0.163. The summed E-state index contributed by atoms with van der Waals surface area (Å²) in [5.41, 5.74) is 3.95. The summed E-state index contributed by atoms with van der Waals surface area (Å²) in [4.78, 5) is 25.6. The summed E-state index contributed by atoms with van der Waals surface area (Å²) in [6, 6.07) is 22.3. The molecule has 0 aromatic heterocycles. The van der Waals surface area contributed by atoms with Gasteiger partial charge < -0.3 is 15.4 Å². The lowest BCUT2D eigenvalue weighted by Gasteiger charge is -2.19. The molecule has 0 spiro atoms. The predicted molar refractivity (Wildman–Crippen MR) is 123 cm³/mol. The molecule has 0 heterocycles. The van der Waals surface area contributed by atoms with Gasteiger partial charge in [0.1, 0.15) is 5.75 Å². The minimum Gasteiger partial charge on any atom is -0.481 e. The van der Waals surface area contributed by atoms with E-state index in [2.05, 4.69) is 10.6 Å². The Labute approximate surface area is 183 Å². The highest BCUT2D eigenvalue weighted by Crippen LogP contribution is 2.22. The zero-order valence-corrected chi connectivity index (χ0v) is 18.3. The molecular formula is C26H28N2O3. The van der Waals surface area contributed by atoms with E-state index in [4.69, 9.17) is 4.74 Å². The highest BCUT2D eigenvalue weighted by atomic mass is 16.5. The van der Waals surface area contributed by atoms with Crippen LogP contribution in [0.1, 0.15) is 46.9 Å². The van der Waals surface area contributed by atoms with Crippen molar-refractivity contribution < 1.29 is 14.3 Å². The zero-order valence-electron chi connectivity index (χ0n) is 18.3. The van der Waals surface area contributed by atoms with Crippen molar-refractivity contribution >= 4 is 17.5 Å². The zero-order chi connectivity index (χ0) is 22.4. The second kappa shape index (κ2) is 9.94. The number of hydrogen-bond acceptors (Lipinski definition) is 3. The van der Waals surface area contributed by atoms with Crippen molar-refractivity contribution in [1.29, 1.82) is 0 Å². The molecule has 0 unspecified atom stereocenters. The maximum absolute atomic E-state index is 12.9. The standard InChI is InChI=1S/C26H28N2O3/c1-17-14-15-24(18(2)16-17)31-20(4)25(29)28-23-13-9-8-12-22(23)26(30)27-19(3)21-10-6-5-7-11-21/h5-16,19-20H,1-4H3,(H,27,30)(H,28,29)/t19-,20+/m0/s1. The summed E-state index contributed by atoms with van der Waals surface area (Å²) in [5, 5.41) is 5.82. The summed E-state index contributed by atoms with van der Waals surface area (Å²) >= 11 is 0. The lowest BCUT2D eigenvalue weighted by atomic mass is 10.1. The number of ether oxygens (including phenoxy) is 1. The number of carbonyl (C=O) groups is 2. The molecule has 3 rings (SSSR count). The fraction of sp³-hybridized carbons (Fsp3) is 0.231. The normalized spacial score (nSPS) is 12.5. The SMILES string of the molecule is Cc1ccc(O[C@H](C)C(=O)Nc2ccccc2C(=O)N[C@@H](C)c2ccccc2)c(C)c1. The van der Waals surface area contributed by atoms with Crippen LogP contribution >= 0.6 is 0 Å². The van der Waals surface area contributed by atoms with Crippen molar-refractivity contribution in [3.8, 4) is 5.75 Å². The number of anilines is 1. The molecule has 0 saturated carbocycles. The fourth-order valence-electron chi connectivity index (χ4n) is 3.30. The summed E-state index contributed by atoms with van der Waals surface area (Å²) < 4.78 is 5.84. The first kappa shape index (κ1) is 22.1. The quantitative estimate of drug-likeness (QED) is 0.556. The number of nitrogens with one attached hydrogen (secondary N) is 2. The van der Waals surface area contributed by atoms with Crippen molar-refractivity contribution in [3.63, 3.8) is 0 Å². The Morgan fingerprint density at radius 3 is 2.26 bits per heavy atom. The molecule has 0 saturated heterocycles. The van der Waals surface area contributed by atoms with E-state index in [1.165, 1.54) is 0 Å². The molecule has 2 atom stereocenters. The van der Waals surface area contributed by atoms with E-state index in [1.807, 2.05) is 69.3 Å². The third-order valence-corrected chi connectivity index (χ3v) is 5.08. The Morgan fingerprint density at radius 2 is 1.55 bits per heavy atom. The molecule has 0 radical (unpaired) electrons. The lowest BCUT2D eigenvalue weighted by molar-refractivity contribution is -0.122. The summed E-state index contributed by atoms with van der Waals surface area (Å²) in [5.74, 6) is 0.0856. The molecule has 0 fully saturated rings. The molecule has 2 amide bonds. The maximum Gasteiger partial charge on any atom is 0.265 e. The molecule has 160 valence electrons. The lowest BCUT2D eigenvalue weighted by Crippen LogP contribution is -2.32. The topological polar surface area (TPSA) is 67.4 Å². The van der Waals surface area contributed by atoms with Crippen LogP contribution in [0.15, 0.2) is 72.8 Å². The molecule has 0 aliphatic heterocycles. The van der Waals surface area contributed by atoms with Crippen LogP contribution in [0.25, 0.3) is 0 Å². The van der Waals surface area contributed by atoms with Gasteiger partial charge in [-0.25, -0.2) is 0 Å². The van der Waals surface area contributed by atoms with Crippen LogP contribution in [0.5, 0.6) is 5.75 Å². The number of para-hydroxylation sites is 1. The van der Waals surface area contributed by atoms with E-state index < -0.39 is 6.10 Å². The van der Waals surface area contributed by atoms with Crippen LogP contribution < -0.4 is 15.4 Å². The maximum atomic E-state index is 12.9. The summed E-state index contributed by atoms with van der Waals surface area (Å²) in [7, 11) is 0. The van der Waals surface area contributed by atoms with Gasteiger partial charge in [-0.15, -0.1) is 0 Å². The summed E-state index contributed by atoms with van der Waals surface area (Å²) in [6.07, 6.45) is -0.722. The highest BCUT2D eigenvalue weighted by molar-refractivity contribution is 6.04. The molecule has 31 heavy (non-hydrogen) atoms. The van der Waals surface area contributed by atoms with Crippen LogP contribution in [-0.4, -0.2) is 17.9 Å². The van der Waals surface area contributed by atoms with Crippen molar-refractivity contribution in [1.82, 2.24) is 5.32 Å². The van der Waals surface area contributed by atoms with Gasteiger partial charge in [0.2, 0.25) is 0 Å². The van der Waals surface area contributed by atoms with Gasteiger partial charge in [0, 0.05) is 0 Å². The van der Waals surface area contributed by atoms with Gasteiger partial charge >= 0.3 is 0 Å². The van der Waals surface area contributed by atoms with E-state index in [0.29, 0.717) is 17.0 Å². The van der Waals surface area contributed by atoms with Gasteiger partial charge in [0.15, 0.2) is 6.10 Å². The van der Waals surface area contributed by atoms with Gasteiger partial charge in [-0.3, -0.25) is 9.59 Å². The number of aryl methyl sites for hydroxylation is 2. The smallest absolute Gasteiger partial charge is 0.265 e. The average Bonchev–Trinajstić information content (AvgIpc) is 2.76. The average molecular weight is 417 g/mol. The van der Waals surface area contributed by atoms with Crippen LogP contribution in [0, 0.1) is 13.8 Å². The molecule has 3 aromatic carbocycles. The second-order valence-electron chi connectivity index (χ2n) is 7.67. The molecule has 5 nitrogen and oxygen atoms in total. The third kappa shape index (κ3) is 5.72. The van der Waals surface area contributed by atoms with Crippen molar-refractivity contribution in [2.75, 3.05) is 5.32 Å². The third-order valence-electron chi connectivity index (χ3n) is 5.08.